The number of hydrogen-bond acceptors (Lipinski definition) is 7. The molecule has 0 aliphatic carbocycles. The number of fused-ring (bicyclic) bond motifs is 1. The Morgan fingerprint density at radius 2 is 2.04 bits per heavy atom. The number of nitrogens with zero attached hydrogens (tertiary/aromatic N) is 3. The van der Waals surface area contributed by atoms with Crippen molar-refractivity contribution in [3.05, 3.63) is 18.2 Å². The highest BCUT2D eigenvalue weighted by Gasteiger charge is 2.28. The largest absolute Gasteiger partial charge is 0.323 e. The van der Waals surface area contributed by atoms with Crippen molar-refractivity contribution in [1.82, 2.24) is 14.2 Å². The number of amides is 2. The topological polar surface area (TPSA) is 99.7 Å². The summed E-state index contributed by atoms with van der Waals surface area (Å²) in [5.41, 5.74) is 0.628. The van der Waals surface area contributed by atoms with Gasteiger partial charge in [-0.1, -0.05) is 11.3 Å². The van der Waals surface area contributed by atoms with Crippen molar-refractivity contribution in [2.75, 3.05) is 36.6 Å². The first-order valence-corrected chi connectivity index (χ1v) is 11.9. The van der Waals surface area contributed by atoms with Crippen LogP contribution in [0.1, 0.15) is 12.8 Å². The molecule has 0 radical (unpaired) electrons. The molecule has 2 saturated heterocycles. The van der Waals surface area contributed by atoms with Crippen LogP contribution >= 0.6 is 23.1 Å². The van der Waals surface area contributed by atoms with E-state index < -0.39 is 10.0 Å². The van der Waals surface area contributed by atoms with E-state index in [2.05, 4.69) is 10.3 Å². The van der Waals surface area contributed by atoms with Crippen LogP contribution in [0.15, 0.2) is 23.1 Å². The number of thioether (sulfide) groups is 1. The Kier molecular flexibility index (Phi) is 5.10. The maximum absolute atomic E-state index is 12.7. The zero-order valence-electron chi connectivity index (χ0n) is 14.4. The van der Waals surface area contributed by atoms with Crippen LogP contribution in [0.25, 0.3) is 10.2 Å². The van der Waals surface area contributed by atoms with Gasteiger partial charge in [0.05, 0.1) is 26.7 Å². The molecule has 4 rings (SSSR count). The lowest BCUT2D eigenvalue weighted by Gasteiger charge is -2.15. The van der Waals surface area contributed by atoms with Crippen LogP contribution in [0.2, 0.25) is 0 Å². The van der Waals surface area contributed by atoms with Gasteiger partial charge in [-0.2, -0.15) is 4.31 Å². The van der Waals surface area contributed by atoms with Crippen molar-refractivity contribution >= 4 is 60.3 Å². The highest BCUT2D eigenvalue weighted by Crippen LogP contribution is 2.30. The van der Waals surface area contributed by atoms with E-state index in [4.69, 9.17) is 0 Å². The number of aromatic nitrogens is 1. The number of nitrogens with one attached hydrogen (secondary N) is 1. The third-order valence-electron chi connectivity index (χ3n) is 4.47. The molecule has 144 valence electrons. The standard InChI is InChI=1S/C16H18N4O4S3/c21-14(8-19-10-25-9-15(19)22)18-16-17-12-4-3-11(7-13(12)26-16)27(23,24)20-5-1-2-6-20/h3-4,7H,1-2,5-6,8-10H2,(H,17,18,21). The summed E-state index contributed by atoms with van der Waals surface area (Å²) < 4.78 is 27.6. The number of carbonyl (C=O) groups is 2. The number of rotatable bonds is 5. The van der Waals surface area contributed by atoms with Crippen molar-refractivity contribution in [3.8, 4) is 0 Å². The predicted molar refractivity (Wildman–Crippen MR) is 105 cm³/mol. The molecule has 8 nitrogen and oxygen atoms in total. The van der Waals surface area contributed by atoms with Crippen LogP contribution in [0.3, 0.4) is 0 Å². The van der Waals surface area contributed by atoms with Gasteiger partial charge in [0.25, 0.3) is 0 Å². The summed E-state index contributed by atoms with van der Waals surface area (Å²) in [6.07, 6.45) is 1.77. The monoisotopic (exact) mass is 426 g/mol. The molecule has 2 fully saturated rings. The molecule has 1 aromatic heterocycles. The Hall–Kier alpha value is -1.69. The smallest absolute Gasteiger partial charge is 0.245 e. The minimum Gasteiger partial charge on any atom is -0.323 e. The Bertz CT molecular complexity index is 998. The second kappa shape index (κ2) is 7.38. The van der Waals surface area contributed by atoms with Gasteiger partial charge in [-0.05, 0) is 31.0 Å². The Labute approximate surface area is 165 Å². The molecule has 1 aromatic carbocycles. The van der Waals surface area contributed by atoms with E-state index in [9.17, 15) is 18.0 Å². The van der Waals surface area contributed by atoms with Crippen LogP contribution in [0.5, 0.6) is 0 Å². The lowest BCUT2D eigenvalue weighted by Crippen LogP contribution is -2.34. The Morgan fingerprint density at radius 1 is 1.26 bits per heavy atom. The van der Waals surface area contributed by atoms with Crippen molar-refractivity contribution < 1.29 is 18.0 Å². The SMILES string of the molecule is O=C(CN1CSCC1=O)Nc1nc2ccc(S(=O)(=O)N3CCCC3)cc2s1. The van der Waals surface area contributed by atoms with E-state index in [0.717, 1.165) is 12.8 Å². The fourth-order valence-electron chi connectivity index (χ4n) is 3.07. The molecule has 2 amide bonds. The van der Waals surface area contributed by atoms with Gasteiger partial charge in [0.2, 0.25) is 21.8 Å². The Balaban J connectivity index is 1.51. The van der Waals surface area contributed by atoms with E-state index >= 15 is 0 Å². The van der Waals surface area contributed by atoms with E-state index in [1.807, 2.05) is 0 Å². The number of sulfonamides is 1. The van der Waals surface area contributed by atoms with Crippen molar-refractivity contribution in [2.45, 2.75) is 17.7 Å². The second-order valence-electron chi connectivity index (χ2n) is 6.38. The fraction of sp³-hybridized carbons (Fsp3) is 0.438. The quantitative estimate of drug-likeness (QED) is 0.779. The van der Waals surface area contributed by atoms with Gasteiger partial charge in [-0.25, -0.2) is 13.4 Å². The molecule has 2 aromatic rings. The first-order valence-electron chi connectivity index (χ1n) is 8.49. The number of thiazole rings is 1. The average Bonchev–Trinajstić information content (AvgIpc) is 3.35. The molecule has 3 heterocycles. The molecule has 0 unspecified atom stereocenters. The average molecular weight is 427 g/mol. The summed E-state index contributed by atoms with van der Waals surface area (Å²) in [5.74, 6) is 0.568. The molecular weight excluding hydrogens is 408 g/mol. The lowest BCUT2D eigenvalue weighted by atomic mass is 10.3. The zero-order valence-corrected chi connectivity index (χ0v) is 16.8. The van der Waals surface area contributed by atoms with Gasteiger partial charge in [-0.15, -0.1) is 11.8 Å². The molecule has 0 bridgehead atoms. The van der Waals surface area contributed by atoms with Gasteiger partial charge < -0.3 is 10.2 Å². The van der Waals surface area contributed by atoms with E-state index in [1.54, 1.807) is 18.2 Å². The number of hydrogen-bond donors (Lipinski definition) is 1. The lowest BCUT2D eigenvalue weighted by molar-refractivity contribution is -0.130. The first kappa shape index (κ1) is 18.7. The summed E-state index contributed by atoms with van der Waals surface area (Å²) in [5, 5.41) is 3.09. The normalized spacial score (nSPS) is 18.5. The number of benzene rings is 1. The maximum Gasteiger partial charge on any atom is 0.245 e. The third kappa shape index (κ3) is 3.82. The minimum absolute atomic E-state index is 0.00362. The highest BCUT2D eigenvalue weighted by atomic mass is 32.2. The van der Waals surface area contributed by atoms with Crippen LogP contribution < -0.4 is 5.32 Å². The van der Waals surface area contributed by atoms with E-state index in [-0.39, 0.29) is 23.3 Å². The Morgan fingerprint density at radius 3 is 2.74 bits per heavy atom. The predicted octanol–water partition coefficient (Wildman–Crippen LogP) is 1.55. The van der Waals surface area contributed by atoms with Crippen molar-refractivity contribution in [3.63, 3.8) is 0 Å². The van der Waals surface area contributed by atoms with E-state index in [0.29, 0.717) is 40.1 Å². The second-order valence-corrected chi connectivity index (χ2v) is 10.3. The van der Waals surface area contributed by atoms with Crippen LogP contribution in [0.4, 0.5) is 5.13 Å². The maximum atomic E-state index is 12.7. The fourth-order valence-corrected chi connectivity index (χ4v) is 6.51. The van der Waals surface area contributed by atoms with Gasteiger partial charge in [-0.3, -0.25) is 9.59 Å². The van der Waals surface area contributed by atoms with Gasteiger partial charge in [0, 0.05) is 13.1 Å². The zero-order chi connectivity index (χ0) is 19.0. The van der Waals surface area contributed by atoms with Crippen LogP contribution in [-0.2, 0) is 19.6 Å². The molecule has 2 aliphatic rings. The summed E-state index contributed by atoms with van der Waals surface area (Å²) in [6, 6.07) is 4.82. The molecule has 0 atom stereocenters. The molecule has 0 saturated carbocycles. The van der Waals surface area contributed by atoms with Crippen LogP contribution in [-0.4, -0.2) is 65.7 Å². The minimum atomic E-state index is -3.49. The third-order valence-corrected chi connectivity index (χ3v) is 8.24. The molecule has 0 spiro atoms. The van der Waals surface area contributed by atoms with Gasteiger partial charge in [0.1, 0.15) is 6.54 Å². The highest BCUT2D eigenvalue weighted by molar-refractivity contribution is 8.00. The molecular formula is C16H18N4O4S3. The summed E-state index contributed by atoms with van der Waals surface area (Å²) in [7, 11) is -3.49. The van der Waals surface area contributed by atoms with Crippen molar-refractivity contribution in [1.29, 1.82) is 0 Å². The van der Waals surface area contributed by atoms with Gasteiger partial charge in [0.15, 0.2) is 5.13 Å². The summed E-state index contributed by atoms with van der Waals surface area (Å²) in [4.78, 5) is 29.8. The van der Waals surface area contributed by atoms with Gasteiger partial charge >= 0.3 is 0 Å². The van der Waals surface area contributed by atoms with Crippen molar-refractivity contribution in [2.24, 2.45) is 0 Å². The summed E-state index contributed by atoms with van der Waals surface area (Å²) >= 11 is 2.70. The number of anilines is 1. The number of carbonyl (C=O) groups excluding carboxylic acids is 2. The van der Waals surface area contributed by atoms with E-state index in [1.165, 1.54) is 32.3 Å². The molecule has 27 heavy (non-hydrogen) atoms. The van der Waals surface area contributed by atoms with Crippen LogP contribution in [0, 0.1) is 0 Å². The molecule has 11 heteroatoms. The molecule has 1 N–H and O–H groups in total. The summed E-state index contributed by atoms with van der Waals surface area (Å²) in [6.45, 7) is 1.10. The first-order chi connectivity index (χ1) is 12.9. The molecule has 2 aliphatic heterocycles.